The highest BCUT2D eigenvalue weighted by molar-refractivity contribution is 5.06. The number of fused-ring (bicyclic) bond motifs is 1. The molecule has 4 heterocycles. The number of hydrogen-bond acceptors (Lipinski definition) is 5. The molecule has 1 saturated heterocycles. The highest BCUT2D eigenvalue weighted by Gasteiger charge is 2.26. The van der Waals surface area contributed by atoms with Crippen molar-refractivity contribution in [2.24, 2.45) is 11.8 Å². The number of nitrogens with zero attached hydrogens (tertiary/aromatic N) is 4. The molecule has 6 nitrogen and oxygen atoms in total. The van der Waals surface area contributed by atoms with Gasteiger partial charge in [0.25, 0.3) is 0 Å². The maximum absolute atomic E-state index is 5.99. The molecule has 25 heavy (non-hydrogen) atoms. The summed E-state index contributed by atoms with van der Waals surface area (Å²) in [6.07, 6.45) is 6.74. The Bertz CT molecular complexity index is 654. The molecule has 2 aromatic rings. The van der Waals surface area contributed by atoms with Crippen LogP contribution in [0.3, 0.4) is 0 Å². The van der Waals surface area contributed by atoms with Crippen molar-refractivity contribution >= 4 is 0 Å². The highest BCUT2D eigenvalue weighted by atomic mass is 16.5. The second kappa shape index (κ2) is 8.08. The summed E-state index contributed by atoms with van der Waals surface area (Å²) in [4.78, 5) is 6.70. The molecule has 2 atom stereocenters. The third-order valence-corrected chi connectivity index (χ3v) is 5.02. The molecule has 0 saturated carbocycles. The molecule has 1 fully saturated rings. The van der Waals surface area contributed by atoms with Crippen LogP contribution >= 0.6 is 0 Å². The average molecular weight is 342 g/mol. The van der Waals surface area contributed by atoms with E-state index < -0.39 is 0 Å². The molecule has 0 aromatic carbocycles. The van der Waals surface area contributed by atoms with Gasteiger partial charge in [0.15, 0.2) is 0 Å². The SMILES string of the molecule is c1cncc(COCC2CN(CC3CCOC3)Cc3ccnn3C2)c1. The van der Waals surface area contributed by atoms with Gasteiger partial charge in [0.2, 0.25) is 0 Å². The van der Waals surface area contributed by atoms with E-state index in [2.05, 4.69) is 31.8 Å². The highest BCUT2D eigenvalue weighted by Crippen LogP contribution is 2.20. The Morgan fingerprint density at radius 2 is 2.20 bits per heavy atom. The second-order valence-corrected chi connectivity index (χ2v) is 7.17. The molecule has 2 aromatic heterocycles. The van der Waals surface area contributed by atoms with E-state index >= 15 is 0 Å². The Labute approximate surface area is 148 Å². The summed E-state index contributed by atoms with van der Waals surface area (Å²) < 4.78 is 13.7. The minimum Gasteiger partial charge on any atom is -0.381 e. The van der Waals surface area contributed by atoms with Crippen LogP contribution < -0.4 is 0 Å². The zero-order chi connectivity index (χ0) is 16.9. The van der Waals surface area contributed by atoms with E-state index in [-0.39, 0.29) is 0 Å². The van der Waals surface area contributed by atoms with Gasteiger partial charge in [-0.25, -0.2) is 0 Å². The molecule has 2 unspecified atom stereocenters. The van der Waals surface area contributed by atoms with Crippen molar-refractivity contribution in [2.45, 2.75) is 26.1 Å². The number of aromatic nitrogens is 3. The van der Waals surface area contributed by atoms with Crippen LogP contribution in [0.25, 0.3) is 0 Å². The van der Waals surface area contributed by atoms with Crippen LogP contribution in [-0.4, -0.2) is 52.6 Å². The topological polar surface area (TPSA) is 52.4 Å². The molecule has 0 amide bonds. The summed E-state index contributed by atoms with van der Waals surface area (Å²) in [5.41, 5.74) is 2.42. The summed E-state index contributed by atoms with van der Waals surface area (Å²) >= 11 is 0. The number of hydrogen-bond donors (Lipinski definition) is 0. The van der Waals surface area contributed by atoms with Gasteiger partial charge in [0.05, 0.1) is 25.5 Å². The predicted molar refractivity (Wildman–Crippen MR) is 93.8 cm³/mol. The maximum Gasteiger partial charge on any atom is 0.0731 e. The molecular weight excluding hydrogens is 316 g/mol. The lowest BCUT2D eigenvalue weighted by Gasteiger charge is -2.26. The fraction of sp³-hybridized carbons (Fsp3) is 0.579. The molecule has 6 heteroatoms. The third kappa shape index (κ3) is 4.45. The molecule has 0 radical (unpaired) electrons. The van der Waals surface area contributed by atoms with Crippen LogP contribution in [0.2, 0.25) is 0 Å². The Balaban J connectivity index is 1.36. The van der Waals surface area contributed by atoms with E-state index in [1.54, 1.807) is 6.20 Å². The predicted octanol–water partition coefficient (Wildman–Crippen LogP) is 1.96. The standard InChI is InChI=1S/C19H26N4O2/c1-2-16(8-20-5-1)13-25-15-18-10-22(9-17-4-7-24-14-17)12-19-3-6-21-23(19)11-18/h1-3,5-6,8,17-18H,4,7,9-15H2. The van der Waals surface area contributed by atoms with Gasteiger partial charge in [0.1, 0.15) is 0 Å². The molecule has 0 spiro atoms. The Morgan fingerprint density at radius 3 is 3.04 bits per heavy atom. The number of rotatable bonds is 6. The average Bonchev–Trinajstić information content (AvgIpc) is 3.25. The zero-order valence-electron chi connectivity index (χ0n) is 14.6. The van der Waals surface area contributed by atoms with Gasteiger partial charge in [-0.05, 0) is 30.0 Å². The summed E-state index contributed by atoms with van der Waals surface area (Å²) in [6.45, 7) is 7.21. The van der Waals surface area contributed by atoms with Crippen LogP contribution in [0.4, 0.5) is 0 Å². The van der Waals surface area contributed by atoms with Crippen LogP contribution in [0.5, 0.6) is 0 Å². The monoisotopic (exact) mass is 342 g/mol. The lowest BCUT2D eigenvalue weighted by Crippen LogP contribution is -2.34. The largest absolute Gasteiger partial charge is 0.381 e. The zero-order valence-corrected chi connectivity index (χ0v) is 14.6. The first kappa shape index (κ1) is 16.7. The van der Waals surface area contributed by atoms with E-state index in [4.69, 9.17) is 9.47 Å². The molecule has 0 N–H and O–H groups in total. The van der Waals surface area contributed by atoms with Crippen molar-refractivity contribution < 1.29 is 9.47 Å². The molecule has 2 aliphatic rings. The lowest BCUT2D eigenvalue weighted by molar-refractivity contribution is 0.0633. The van der Waals surface area contributed by atoms with Crippen molar-refractivity contribution in [3.63, 3.8) is 0 Å². The first-order valence-corrected chi connectivity index (χ1v) is 9.14. The van der Waals surface area contributed by atoms with E-state index in [1.807, 2.05) is 18.5 Å². The first-order valence-electron chi connectivity index (χ1n) is 9.14. The van der Waals surface area contributed by atoms with E-state index in [0.29, 0.717) is 18.4 Å². The van der Waals surface area contributed by atoms with Gasteiger partial charge in [-0.1, -0.05) is 6.07 Å². The fourth-order valence-corrected chi connectivity index (χ4v) is 3.78. The van der Waals surface area contributed by atoms with E-state index in [0.717, 1.165) is 51.6 Å². The van der Waals surface area contributed by atoms with Crippen LogP contribution in [0, 0.1) is 11.8 Å². The lowest BCUT2D eigenvalue weighted by atomic mass is 10.1. The normalized spacial score (nSPS) is 24.2. The second-order valence-electron chi connectivity index (χ2n) is 7.17. The van der Waals surface area contributed by atoms with Gasteiger partial charge < -0.3 is 9.47 Å². The summed E-state index contributed by atoms with van der Waals surface area (Å²) in [5.74, 6) is 1.10. The minimum absolute atomic E-state index is 0.445. The molecule has 0 aliphatic carbocycles. The van der Waals surface area contributed by atoms with Crippen molar-refractivity contribution in [2.75, 3.05) is 32.9 Å². The van der Waals surface area contributed by atoms with Gasteiger partial charge in [-0.15, -0.1) is 0 Å². The quantitative estimate of drug-likeness (QED) is 0.803. The smallest absolute Gasteiger partial charge is 0.0731 e. The number of pyridine rings is 1. The third-order valence-electron chi connectivity index (χ3n) is 5.02. The van der Waals surface area contributed by atoms with Gasteiger partial charge in [-0.3, -0.25) is 14.6 Å². The summed E-state index contributed by atoms with van der Waals surface area (Å²) in [6, 6.07) is 6.14. The van der Waals surface area contributed by atoms with Crippen molar-refractivity contribution in [3.8, 4) is 0 Å². The van der Waals surface area contributed by atoms with Crippen LogP contribution in [-0.2, 0) is 29.2 Å². The summed E-state index contributed by atoms with van der Waals surface area (Å²) in [5, 5.41) is 4.50. The van der Waals surface area contributed by atoms with Crippen molar-refractivity contribution in [1.82, 2.24) is 19.7 Å². The molecule has 0 bridgehead atoms. The van der Waals surface area contributed by atoms with E-state index in [9.17, 15) is 0 Å². The Hall–Kier alpha value is -1.76. The molecule has 2 aliphatic heterocycles. The molecule has 134 valence electrons. The first-order chi connectivity index (χ1) is 12.4. The van der Waals surface area contributed by atoms with Gasteiger partial charge in [-0.2, -0.15) is 5.10 Å². The number of ether oxygens (including phenoxy) is 2. The van der Waals surface area contributed by atoms with Gasteiger partial charge in [0, 0.05) is 57.3 Å². The van der Waals surface area contributed by atoms with E-state index in [1.165, 1.54) is 12.1 Å². The van der Waals surface area contributed by atoms with Gasteiger partial charge >= 0.3 is 0 Å². The van der Waals surface area contributed by atoms with Crippen LogP contribution in [0.15, 0.2) is 36.8 Å². The molecule has 4 rings (SSSR count). The summed E-state index contributed by atoms with van der Waals surface area (Å²) in [7, 11) is 0. The Morgan fingerprint density at radius 1 is 1.20 bits per heavy atom. The minimum atomic E-state index is 0.445. The van der Waals surface area contributed by atoms with Crippen molar-refractivity contribution in [3.05, 3.63) is 48.0 Å². The fourth-order valence-electron chi connectivity index (χ4n) is 3.78. The molecular formula is C19H26N4O2. The van der Waals surface area contributed by atoms with Crippen molar-refractivity contribution in [1.29, 1.82) is 0 Å². The van der Waals surface area contributed by atoms with Crippen LogP contribution in [0.1, 0.15) is 17.7 Å². The maximum atomic E-state index is 5.99. The Kier molecular flexibility index (Phi) is 5.40.